The predicted octanol–water partition coefficient (Wildman–Crippen LogP) is 4.05. The largest absolute Gasteiger partial charge is 0.354 e. The zero-order valence-corrected chi connectivity index (χ0v) is 18.7. The lowest BCUT2D eigenvalue weighted by atomic mass is 9.96. The number of anilines is 1. The molecule has 0 aliphatic carbocycles. The highest BCUT2D eigenvalue weighted by Crippen LogP contribution is 2.30. The third kappa shape index (κ3) is 4.71. The number of hydrogen-bond acceptors (Lipinski definition) is 5. The van der Waals surface area contributed by atoms with E-state index in [1.54, 1.807) is 6.20 Å². The van der Waals surface area contributed by atoms with Gasteiger partial charge in [0.2, 0.25) is 0 Å². The zero-order valence-electron chi connectivity index (χ0n) is 18.7. The van der Waals surface area contributed by atoms with E-state index < -0.39 is 0 Å². The van der Waals surface area contributed by atoms with Crippen molar-refractivity contribution >= 4 is 5.82 Å². The van der Waals surface area contributed by atoms with E-state index in [4.69, 9.17) is 0 Å². The van der Waals surface area contributed by atoms with Gasteiger partial charge in [0.05, 0.1) is 6.04 Å². The summed E-state index contributed by atoms with van der Waals surface area (Å²) in [6.07, 6.45) is 1.79. The number of hydrogen-bond donors (Lipinski definition) is 1. The maximum absolute atomic E-state index is 11.8. The van der Waals surface area contributed by atoms with Crippen LogP contribution in [0.2, 0.25) is 0 Å². The molecular formula is C27H27N5O. The van der Waals surface area contributed by atoms with Crippen molar-refractivity contribution in [3.63, 3.8) is 0 Å². The van der Waals surface area contributed by atoms with Crippen LogP contribution < -0.4 is 10.5 Å². The van der Waals surface area contributed by atoms with Crippen LogP contribution in [0.4, 0.5) is 5.82 Å². The van der Waals surface area contributed by atoms with Gasteiger partial charge in [-0.1, -0.05) is 60.7 Å². The van der Waals surface area contributed by atoms with Gasteiger partial charge < -0.3 is 9.88 Å². The second-order valence-corrected chi connectivity index (χ2v) is 8.39. The number of aromatic nitrogens is 3. The van der Waals surface area contributed by atoms with Crippen LogP contribution in [0.3, 0.4) is 0 Å². The number of H-pyrrole nitrogens is 1. The topological polar surface area (TPSA) is 65.1 Å². The van der Waals surface area contributed by atoms with Crippen molar-refractivity contribution in [1.29, 1.82) is 0 Å². The number of nitrogens with one attached hydrogen (secondary N) is 1. The van der Waals surface area contributed by atoms with Crippen LogP contribution in [0.25, 0.3) is 11.4 Å². The first-order valence-corrected chi connectivity index (χ1v) is 11.3. The Morgan fingerprint density at radius 2 is 1.48 bits per heavy atom. The first-order chi connectivity index (χ1) is 16.2. The molecule has 0 atom stereocenters. The lowest BCUT2D eigenvalue weighted by molar-refractivity contribution is 0.212. The van der Waals surface area contributed by atoms with Crippen LogP contribution >= 0.6 is 0 Å². The summed E-state index contributed by atoms with van der Waals surface area (Å²) in [7, 11) is 0. The van der Waals surface area contributed by atoms with Crippen molar-refractivity contribution in [2.24, 2.45) is 0 Å². The van der Waals surface area contributed by atoms with Crippen LogP contribution in [-0.2, 0) is 0 Å². The van der Waals surface area contributed by atoms with Crippen molar-refractivity contribution < 1.29 is 0 Å². The first-order valence-electron chi connectivity index (χ1n) is 11.3. The fourth-order valence-electron chi connectivity index (χ4n) is 4.52. The SMILES string of the molecule is Cc1cc(=O)[nH]c(-c2ccc(N3CCN(C(c4ccccc4)c4ccccc4)CC3)nc2)n1. The van der Waals surface area contributed by atoms with Crippen molar-refractivity contribution in [1.82, 2.24) is 19.9 Å². The van der Waals surface area contributed by atoms with Crippen LogP contribution in [0.1, 0.15) is 22.9 Å². The van der Waals surface area contributed by atoms with Gasteiger partial charge in [0, 0.05) is 49.7 Å². The second-order valence-electron chi connectivity index (χ2n) is 8.39. The zero-order chi connectivity index (χ0) is 22.6. The minimum Gasteiger partial charge on any atom is -0.354 e. The van der Waals surface area contributed by atoms with E-state index in [-0.39, 0.29) is 11.6 Å². The fraction of sp³-hybridized carbons (Fsp3) is 0.222. The molecule has 6 heteroatoms. The van der Waals surface area contributed by atoms with E-state index in [0.29, 0.717) is 11.5 Å². The molecular weight excluding hydrogens is 410 g/mol. The third-order valence-electron chi connectivity index (χ3n) is 6.13. The van der Waals surface area contributed by atoms with Crippen LogP contribution in [0, 0.1) is 6.92 Å². The predicted molar refractivity (Wildman–Crippen MR) is 131 cm³/mol. The van der Waals surface area contributed by atoms with Crippen LogP contribution in [-0.4, -0.2) is 46.0 Å². The van der Waals surface area contributed by atoms with Gasteiger partial charge in [0.15, 0.2) is 0 Å². The molecule has 33 heavy (non-hydrogen) atoms. The lowest BCUT2D eigenvalue weighted by Crippen LogP contribution is -2.48. The van der Waals surface area contributed by atoms with Gasteiger partial charge in [-0.25, -0.2) is 9.97 Å². The minimum atomic E-state index is -0.149. The number of piperazine rings is 1. The number of aryl methyl sites for hydroxylation is 1. The first kappa shape index (κ1) is 21.1. The summed E-state index contributed by atoms with van der Waals surface area (Å²) in [4.78, 5) is 28.5. The Labute approximate surface area is 193 Å². The summed E-state index contributed by atoms with van der Waals surface area (Å²) in [5, 5.41) is 0. The smallest absolute Gasteiger partial charge is 0.251 e. The highest BCUT2D eigenvalue weighted by atomic mass is 16.1. The molecule has 1 fully saturated rings. The minimum absolute atomic E-state index is 0.149. The van der Waals surface area contributed by atoms with Gasteiger partial charge >= 0.3 is 0 Å². The summed E-state index contributed by atoms with van der Waals surface area (Å²) in [6, 6.07) is 27.2. The van der Waals surface area contributed by atoms with Gasteiger partial charge in [0.1, 0.15) is 11.6 Å². The van der Waals surface area contributed by atoms with Crippen LogP contribution in [0.15, 0.2) is 89.9 Å². The molecule has 1 saturated heterocycles. The molecule has 1 N–H and O–H groups in total. The standard InChI is InChI=1S/C27H27N5O/c1-20-18-25(33)30-27(29-20)23-12-13-24(28-19-23)31-14-16-32(17-15-31)26(21-8-4-2-5-9-21)22-10-6-3-7-11-22/h2-13,18-19,26H,14-17H2,1H3,(H,29,30,33). The molecule has 166 valence electrons. The molecule has 1 aliphatic heterocycles. The number of nitrogens with zero attached hydrogens (tertiary/aromatic N) is 4. The second kappa shape index (κ2) is 9.38. The molecule has 4 aromatic rings. The summed E-state index contributed by atoms with van der Waals surface area (Å²) < 4.78 is 0. The Bertz CT molecular complexity index is 1210. The van der Waals surface area contributed by atoms with E-state index in [0.717, 1.165) is 37.6 Å². The number of pyridine rings is 1. The quantitative estimate of drug-likeness (QED) is 0.510. The Morgan fingerprint density at radius 3 is 2.03 bits per heavy atom. The molecule has 2 aromatic carbocycles. The maximum atomic E-state index is 11.8. The van der Waals surface area contributed by atoms with E-state index in [1.807, 2.05) is 19.1 Å². The summed E-state index contributed by atoms with van der Waals surface area (Å²) >= 11 is 0. The Hall–Kier alpha value is -3.77. The number of aromatic amines is 1. The molecule has 0 spiro atoms. The Kier molecular flexibility index (Phi) is 6.00. The molecule has 1 aliphatic rings. The van der Waals surface area contributed by atoms with Gasteiger partial charge in [0.25, 0.3) is 5.56 Å². The molecule has 0 amide bonds. The van der Waals surface area contributed by atoms with Gasteiger partial charge in [-0.2, -0.15) is 0 Å². The summed E-state index contributed by atoms with van der Waals surface area (Å²) in [5.74, 6) is 1.50. The van der Waals surface area contributed by atoms with Crippen molar-refractivity contribution in [3.05, 3.63) is 112 Å². The highest BCUT2D eigenvalue weighted by molar-refractivity contribution is 5.56. The average molecular weight is 438 g/mol. The summed E-state index contributed by atoms with van der Waals surface area (Å²) in [6.45, 7) is 5.53. The Morgan fingerprint density at radius 1 is 0.848 bits per heavy atom. The van der Waals surface area contributed by atoms with Gasteiger partial charge in [-0.05, 0) is 30.2 Å². The van der Waals surface area contributed by atoms with Gasteiger partial charge in [-0.3, -0.25) is 9.69 Å². The highest BCUT2D eigenvalue weighted by Gasteiger charge is 2.26. The van der Waals surface area contributed by atoms with Crippen LogP contribution in [0.5, 0.6) is 0 Å². The number of benzene rings is 2. The molecule has 0 unspecified atom stereocenters. The lowest BCUT2D eigenvalue weighted by Gasteiger charge is -2.40. The van der Waals surface area contributed by atoms with E-state index in [1.165, 1.54) is 17.2 Å². The molecule has 3 heterocycles. The molecule has 0 radical (unpaired) electrons. The van der Waals surface area contributed by atoms with Gasteiger partial charge in [-0.15, -0.1) is 0 Å². The monoisotopic (exact) mass is 437 g/mol. The molecule has 0 bridgehead atoms. The average Bonchev–Trinajstić information content (AvgIpc) is 2.86. The van der Waals surface area contributed by atoms with Crippen molar-refractivity contribution in [3.8, 4) is 11.4 Å². The van der Waals surface area contributed by atoms with E-state index >= 15 is 0 Å². The third-order valence-corrected chi connectivity index (χ3v) is 6.13. The van der Waals surface area contributed by atoms with E-state index in [2.05, 4.69) is 85.4 Å². The van der Waals surface area contributed by atoms with E-state index in [9.17, 15) is 4.79 Å². The molecule has 0 saturated carbocycles. The van der Waals surface area contributed by atoms with Crippen molar-refractivity contribution in [2.45, 2.75) is 13.0 Å². The molecule has 6 nitrogen and oxygen atoms in total. The van der Waals surface area contributed by atoms with Crippen molar-refractivity contribution in [2.75, 3.05) is 31.1 Å². The molecule has 5 rings (SSSR count). The normalized spacial score (nSPS) is 14.5. The molecule has 2 aromatic heterocycles. The summed E-state index contributed by atoms with van der Waals surface area (Å²) in [5.41, 5.74) is 3.99. The maximum Gasteiger partial charge on any atom is 0.251 e. The Balaban J connectivity index is 1.31. The fourth-order valence-corrected chi connectivity index (χ4v) is 4.52. The number of rotatable bonds is 5.